The Kier molecular flexibility index (Phi) is 4.26. The third-order valence-corrected chi connectivity index (χ3v) is 4.11. The molecule has 0 spiro atoms. The molecule has 0 unspecified atom stereocenters. The maximum Gasteiger partial charge on any atom is 0.214 e. The molecule has 8 nitrogen and oxygen atoms in total. The fourth-order valence-electron chi connectivity index (χ4n) is 2.94. The van der Waals surface area contributed by atoms with Crippen LogP contribution in [0.5, 0.6) is 11.6 Å². The molecule has 0 aliphatic rings. The Morgan fingerprint density at radius 3 is 2.54 bits per heavy atom. The number of pyridine rings is 1. The number of methoxy groups -OCH3 is 1. The molecule has 144 valence electrons. The topological polar surface area (TPSA) is 79.4 Å². The maximum atomic E-state index is 5.90. The maximum absolute atomic E-state index is 5.90. The summed E-state index contributed by atoms with van der Waals surface area (Å²) in [5.74, 6) is 1.19. The molecule has 0 atom stereocenters. The number of fused-ring (bicyclic) bond motifs is 1. The Morgan fingerprint density at radius 2 is 1.86 bits per heavy atom. The summed E-state index contributed by atoms with van der Waals surface area (Å²) in [6, 6.07) is 3.82. The molecule has 0 aromatic carbocycles. The van der Waals surface area contributed by atoms with Gasteiger partial charge in [-0.2, -0.15) is 10.2 Å². The monoisotopic (exact) mass is 378 g/mol. The summed E-state index contributed by atoms with van der Waals surface area (Å²) in [5, 5.41) is 8.68. The lowest BCUT2D eigenvalue weighted by atomic mass is 10.1. The Balaban J connectivity index is 1.84. The van der Waals surface area contributed by atoms with E-state index in [1.807, 2.05) is 52.3 Å². The van der Waals surface area contributed by atoms with Crippen molar-refractivity contribution in [3.05, 3.63) is 43.1 Å². The normalized spacial score (nSPS) is 11.8. The van der Waals surface area contributed by atoms with E-state index in [1.165, 1.54) is 0 Å². The lowest BCUT2D eigenvalue weighted by molar-refractivity contribution is 0.124. The van der Waals surface area contributed by atoms with Crippen LogP contribution in [-0.2, 0) is 7.05 Å². The number of aromatic nitrogens is 6. The van der Waals surface area contributed by atoms with Crippen molar-refractivity contribution < 1.29 is 9.47 Å². The number of rotatable bonds is 4. The predicted octanol–water partition coefficient (Wildman–Crippen LogP) is 3.38. The standard InChI is InChI=1S/C20H22N6O2/c1-20(2,3)28-17-8-13(6-7-21-17)15-10-23-26-12-16(27-5)18(24-19(15)26)14-9-22-25(4)11-14/h6-12H,1-5H3. The first kappa shape index (κ1) is 18.0. The Hall–Kier alpha value is -3.42. The van der Waals surface area contributed by atoms with Crippen LogP contribution in [0.1, 0.15) is 20.8 Å². The molecule has 0 N–H and O–H groups in total. The molecular formula is C20H22N6O2. The number of aryl methyl sites for hydroxylation is 1. The Morgan fingerprint density at radius 1 is 1.04 bits per heavy atom. The molecule has 4 aromatic rings. The molecule has 4 rings (SSSR count). The highest BCUT2D eigenvalue weighted by molar-refractivity contribution is 5.80. The van der Waals surface area contributed by atoms with Gasteiger partial charge >= 0.3 is 0 Å². The molecule has 0 bridgehead atoms. The van der Waals surface area contributed by atoms with Crippen LogP contribution in [0.15, 0.2) is 43.1 Å². The highest BCUT2D eigenvalue weighted by Gasteiger charge is 2.17. The quantitative estimate of drug-likeness (QED) is 0.542. The molecule has 4 aromatic heterocycles. The van der Waals surface area contributed by atoms with Crippen molar-refractivity contribution >= 4 is 5.65 Å². The van der Waals surface area contributed by atoms with Gasteiger partial charge in [0.1, 0.15) is 11.3 Å². The van der Waals surface area contributed by atoms with Gasteiger partial charge in [-0.25, -0.2) is 14.5 Å². The third-order valence-electron chi connectivity index (χ3n) is 4.11. The first-order chi connectivity index (χ1) is 13.3. The highest BCUT2D eigenvalue weighted by atomic mass is 16.5. The van der Waals surface area contributed by atoms with Gasteiger partial charge in [0.2, 0.25) is 5.88 Å². The molecule has 0 saturated carbocycles. The van der Waals surface area contributed by atoms with Gasteiger partial charge in [0.05, 0.1) is 25.7 Å². The van der Waals surface area contributed by atoms with Crippen molar-refractivity contribution in [3.63, 3.8) is 0 Å². The molecule has 0 aliphatic heterocycles. The first-order valence-corrected chi connectivity index (χ1v) is 8.91. The van der Waals surface area contributed by atoms with Gasteiger partial charge in [-0.3, -0.25) is 4.68 Å². The van der Waals surface area contributed by atoms with E-state index >= 15 is 0 Å². The van der Waals surface area contributed by atoms with E-state index < -0.39 is 0 Å². The zero-order chi connectivity index (χ0) is 19.9. The van der Waals surface area contributed by atoms with E-state index in [0.717, 1.165) is 16.7 Å². The number of hydrogen-bond acceptors (Lipinski definition) is 6. The van der Waals surface area contributed by atoms with Crippen molar-refractivity contribution in [1.82, 2.24) is 29.4 Å². The molecule has 0 aliphatic carbocycles. The fourth-order valence-corrected chi connectivity index (χ4v) is 2.94. The van der Waals surface area contributed by atoms with Crippen molar-refractivity contribution in [3.8, 4) is 34.0 Å². The smallest absolute Gasteiger partial charge is 0.214 e. The van der Waals surface area contributed by atoms with E-state index in [9.17, 15) is 0 Å². The van der Waals surface area contributed by atoms with Gasteiger partial charge in [-0.1, -0.05) is 0 Å². The van der Waals surface area contributed by atoms with Gasteiger partial charge in [0.15, 0.2) is 11.4 Å². The van der Waals surface area contributed by atoms with Crippen molar-refractivity contribution in [2.75, 3.05) is 7.11 Å². The van der Waals surface area contributed by atoms with Crippen molar-refractivity contribution in [2.45, 2.75) is 26.4 Å². The second kappa shape index (κ2) is 6.63. The van der Waals surface area contributed by atoms with Crippen LogP contribution in [-0.4, -0.2) is 42.1 Å². The largest absolute Gasteiger partial charge is 0.493 e. The number of hydrogen-bond donors (Lipinski definition) is 0. The van der Waals surface area contributed by atoms with Crippen LogP contribution in [0, 0.1) is 0 Å². The van der Waals surface area contributed by atoms with E-state index in [0.29, 0.717) is 23.0 Å². The third kappa shape index (κ3) is 3.40. The van der Waals surface area contributed by atoms with E-state index in [4.69, 9.17) is 14.5 Å². The molecule has 0 amide bonds. The Bertz CT molecular complexity index is 1140. The summed E-state index contributed by atoms with van der Waals surface area (Å²) in [4.78, 5) is 9.14. The minimum absolute atomic E-state index is 0.328. The lowest BCUT2D eigenvalue weighted by Gasteiger charge is -2.20. The van der Waals surface area contributed by atoms with Crippen LogP contribution in [0.2, 0.25) is 0 Å². The molecule has 4 heterocycles. The number of nitrogens with zero attached hydrogens (tertiary/aromatic N) is 6. The zero-order valence-electron chi connectivity index (χ0n) is 16.5. The molecular weight excluding hydrogens is 356 g/mol. The van der Waals surface area contributed by atoms with Gasteiger partial charge in [0, 0.05) is 36.6 Å². The summed E-state index contributed by atoms with van der Waals surface area (Å²) in [6.45, 7) is 5.97. The summed E-state index contributed by atoms with van der Waals surface area (Å²) in [7, 11) is 3.48. The summed E-state index contributed by atoms with van der Waals surface area (Å²) in [6.07, 6.45) is 9.00. The molecule has 0 radical (unpaired) electrons. The Labute approximate surface area is 162 Å². The van der Waals surface area contributed by atoms with E-state index in [1.54, 1.807) is 34.9 Å². The lowest BCUT2D eigenvalue weighted by Crippen LogP contribution is -2.23. The SMILES string of the molecule is COc1cn2ncc(-c3ccnc(OC(C)(C)C)c3)c2nc1-c1cnn(C)c1. The minimum atomic E-state index is -0.328. The van der Waals surface area contributed by atoms with Crippen LogP contribution < -0.4 is 9.47 Å². The van der Waals surface area contributed by atoms with E-state index in [2.05, 4.69) is 15.2 Å². The summed E-state index contributed by atoms with van der Waals surface area (Å²) in [5.41, 5.74) is 3.79. The van der Waals surface area contributed by atoms with Crippen LogP contribution >= 0.6 is 0 Å². The average Bonchev–Trinajstić information content (AvgIpc) is 3.25. The van der Waals surface area contributed by atoms with Gasteiger partial charge in [-0.15, -0.1) is 0 Å². The van der Waals surface area contributed by atoms with Gasteiger partial charge in [0.25, 0.3) is 0 Å². The average molecular weight is 378 g/mol. The van der Waals surface area contributed by atoms with Gasteiger partial charge < -0.3 is 9.47 Å². The van der Waals surface area contributed by atoms with E-state index in [-0.39, 0.29) is 5.60 Å². The second-order valence-electron chi connectivity index (χ2n) is 7.48. The summed E-state index contributed by atoms with van der Waals surface area (Å²) >= 11 is 0. The fraction of sp³-hybridized carbons (Fsp3) is 0.300. The summed E-state index contributed by atoms with van der Waals surface area (Å²) < 4.78 is 14.9. The zero-order valence-corrected chi connectivity index (χ0v) is 16.5. The minimum Gasteiger partial charge on any atom is -0.493 e. The second-order valence-corrected chi connectivity index (χ2v) is 7.48. The highest BCUT2D eigenvalue weighted by Crippen LogP contribution is 2.32. The predicted molar refractivity (Wildman–Crippen MR) is 105 cm³/mol. The molecule has 0 fully saturated rings. The van der Waals surface area contributed by atoms with Gasteiger partial charge in [-0.05, 0) is 32.4 Å². The molecule has 0 saturated heterocycles. The first-order valence-electron chi connectivity index (χ1n) is 8.91. The van der Waals surface area contributed by atoms with Crippen LogP contribution in [0.4, 0.5) is 0 Å². The molecule has 8 heteroatoms. The number of ether oxygens (including phenoxy) is 2. The molecule has 28 heavy (non-hydrogen) atoms. The van der Waals surface area contributed by atoms with Crippen LogP contribution in [0.25, 0.3) is 28.0 Å². The van der Waals surface area contributed by atoms with Crippen molar-refractivity contribution in [1.29, 1.82) is 0 Å². The van der Waals surface area contributed by atoms with Crippen molar-refractivity contribution in [2.24, 2.45) is 7.05 Å². The van der Waals surface area contributed by atoms with Crippen LogP contribution in [0.3, 0.4) is 0 Å².